The van der Waals surface area contributed by atoms with E-state index in [9.17, 15) is 29.4 Å². The first kappa shape index (κ1) is 35.8. The fraction of sp³-hybridized carbons (Fsp3) is 0.259. The molecule has 42 heavy (non-hydrogen) atoms. The van der Waals surface area contributed by atoms with Crippen LogP contribution in [0, 0.1) is 5.92 Å². The number of anilines is 2. The molecule has 7 N–H and O–H groups in total. The number of benzene rings is 2. The SMILES string of the molecule is Nc1nc(C(=O)N[C@@H](COCc2ccccc2)C(=O)O)c(N)nc1C(=O)C[C@@H](COCc1ccccc1)C(=O)O.S.S. The van der Waals surface area contributed by atoms with Crippen LogP contribution in [0.2, 0.25) is 0 Å². The number of carboxylic acids is 2. The Balaban J connectivity index is 0.00000441. The van der Waals surface area contributed by atoms with Gasteiger partial charge < -0.3 is 36.5 Å². The number of aliphatic carboxylic acids is 2. The molecule has 0 radical (unpaired) electrons. The molecule has 15 heteroatoms. The minimum Gasteiger partial charge on any atom is -0.481 e. The Morgan fingerprint density at radius 1 is 0.738 bits per heavy atom. The van der Waals surface area contributed by atoms with Crippen LogP contribution in [-0.2, 0) is 32.3 Å². The number of nitrogens with two attached hydrogens (primary N) is 2. The molecule has 1 heterocycles. The second-order valence-electron chi connectivity index (χ2n) is 8.72. The van der Waals surface area contributed by atoms with Gasteiger partial charge in [-0.2, -0.15) is 27.0 Å². The maximum atomic E-state index is 12.8. The molecule has 0 aliphatic rings. The van der Waals surface area contributed by atoms with Crippen LogP contribution >= 0.6 is 27.0 Å². The molecule has 0 unspecified atom stereocenters. The van der Waals surface area contributed by atoms with Crippen molar-refractivity contribution in [3.8, 4) is 0 Å². The number of Topliss-reactive ketones (excluding diaryl/α,β-unsaturated/α-hetero) is 1. The minimum absolute atomic E-state index is 0. The number of carboxylic acid groups (broad SMARTS) is 2. The van der Waals surface area contributed by atoms with E-state index >= 15 is 0 Å². The summed E-state index contributed by atoms with van der Waals surface area (Å²) in [5.74, 6) is -6.54. The molecule has 1 amide bonds. The molecule has 0 aliphatic heterocycles. The first-order valence-electron chi connectivity index (χ1n) is 12.1. The number of aromatic nitrogens is 2. The van der Waals surface area contributed by atoms with Gasteiger partial charge in [-0.25, -0.2) is 14.8 Å². The van der Waals surface area contributed by atoms with Gasteiger partial charge in [0.25, 0.3) is 5.91 Å². The summed E-state index contributed by atoms with van der Waals surface area (Å²) in [6, 6.07) is 16.7. The number of nitrogens with zero attached hydrogens (tertiary/aromatic N) is 2. The van der Waals surface area contributed by atoms with Gasteiger partial charge in [0, 0.05) is 6.42 Å². The van der Waals surface area contributed by atoms with Gasteiger partial charge in [-0.3, -0.25) is 14.4 Å². The molecule has 13 nitrogen and oxygen atoms in total. The number of ether oxygens (including phenoxy) is 2. The van der Waals surface area contributed by atoms with Gasteiger partial charge in [-0.1, -0.05) is 60.7 Å². The Kier molecular flexibility index (Phi) is 15.0. The lowest BCUT2D eigenvalue weighted by atomic mass is 10.0. The van der Waals surface area contributed by atoms with Gasteiger partial charge in [-0.05, 0) is 11.1 Å². The lowest BCUT2D eigenvalue weighted by Gasteiger charge is -2.16. The van der Waals surface area contributed by atoms with Gasteiger partial charge in [-0.15, -0.1) is 0 Å². The number of nitrogens with one attached hydrogen (secondary N) is 1. The quantitative estimate of drug-likeness (QED) is 0.154. The molecule has 3 aromatic rings. The summed E-state index contributed by atoms with van der Waals surface area (Å²) in [5.41, 5.74) is 12.4. The summed E-state index contributed by atoms with van der Waals surface area (Å²) in [5, 5.41) is 21.2. The van der Waals surface area contributed by atoms with Crippen LogP contribution in [0.5, 0.6) is 0 Å². The Morgan fingerprint density at radius 3 is 1.71 bits per heavy atom. The third-order valence-electron chi connectivity index (χ3n) is 5.64. The number of carbonyl (C=O) groups excluding carboxylic acids is 2. The van der Waals surface area contributed by atoms with Gasteiger partial charge in [0.05, 0.1) is 32.3 Å². The van der Waals surface area contributed by atoms with Crippen molar-refractivity contribution in [3.63, 3.8) is 0 Å². The number of ketones is 1. The van der Waals surface area contributed by atoms with Crippen LogP contribution in [0.3, 0.4) is 0 Å². The fourth-order valence-electron chi connectivity index (χ4n) is 3.54. The first-order valence-corrected chi connectivity index (χ1v) is 12.1. The lowest BCUT2D eigenvalue weighted by molar-refractivity contribution is -0.144. The van der Waals surface area contributed by atoms with E-state index in [1.54, 1.807) is 24.3 Å². The Hall–Kier alpha value is -4.18. The molecular weight excluding hydrogens is 586 g/mol. The second-order valence-corrected chi connectivity index (χ2v) is 8.72. The highest BCUT2D eigenvalue weighted by molar-refractivity contribution is 7.59. The predicted octanol–water partition coefficient (Wildman–Crippen LogP) is 1.76. The van der Waals surface area contributed by atoms with E-state index < -0.39 is 65.0 Å². The zero-order valence-electron chi connectivity index (χ0n) is 22.4. The average molecular weight is 620 g/mol. The van der Waals surface area contributed by atoms with Gasteiger partial charge in [0.15, 0.2) is 34.8 Å². The van der Waals surface area contributed by atoms with Crippen molar-refractivity contribution in [3.05, 3.63) is 83.2 Å². The lowest BCUT2D eigenvalue weighted by Crippen LogP contribution is -2.44. The maximum Gasteiger partial charge on any atom is 0.328 e. The Bertz CT molecular complexity index is 1250. The standard InChI is InChI=1S/C27H29N5O8.2H2S/c28-23-21(20(33)11-18(26(35)36)14-39-12-16-7-3-1-4-8-16)31-24(29)22(32-23)25(34)30-19(27(37)38)15-40-13-17-9-5-2-6-10-17;;/h1-10,18-19H,11-15H2,(H2,28,32)(H2,29,31)(H,30,34)(H,35,36)(H,37,38);2*1H2/t18-,19-;;/m0../s1. The number of hydrogen-bond acceptors (Lipinski definition) is 10. The van der Waals surface area contributed by atoms with Crippen LogP contribution in [-0.4, -0.2) is 63.1 Å². The number of hydrogen-bond donors (Lipinski definition) is 5. The van der Waals surface area contributed by atoms with Crippen molar-refractivity contribution >= 4 is 62.3 Å². The summed E-state index contributed by atoms with van der Waals surface area (Å²) in [6.07, 6.45) is -0.506. The molecule has 1 aromatic heterocycles. The van der Waals surface area contributed by atoms with Crippen LogP contribution in [0.1, 0.15) is 38.5 Å². The number of rotatable bonds is 15. The van der Waals surface area contributed by atoms with E-state index in [2.05, 4.69) is 15.3 Å². The minimum atomic E-state index is -1.44. The third kappa shape index (κ3) is 10.7. The second kappa shape index (κ2) is 17.6. The van der Waals surface area contributed by atoms with Crippen LogP contribution in [0.15, 0.2) is 60.7 Å². The fourth-order valence-corrected chi connectivity index (χ4v) is 3.54. The molecule has 226 valence electrons. The van der Waals surface area contributed by atoms with E-state index in [1.807, 2.05) is 36.4 Å². The highest BCUT2D eigenvalue weighted by Gasteiger charge is 2.28. The maximum absolute atomic E-state index is 12.8. The molecule has 3 rings (SSSR count). The Labute approximate surface area is 255 Å². The monoisotopic (exact) mass is 619 g/mol. The van der Waals surface area contributed by atoms with E-state index in [0.29, 0.717) is 0 Å². The highest BCUT2D eigenvalue weighted by Crippen LogP contribution is 2.18. The molecule has 0 bridgehead atoms. The van der Waals surface area contributed by atoms with Crippen molar-refractivity contribution < 1.29 is 38.9 Å². The van der Waals surface area contributed by atoms with E-state index in [4.69, 9.17) is 20.9 Å². The molecule has 2 aromatic carbocycles. The highest BCUT2D eigenvalue weighted by atomic mass is 32.1. The first-order chi connectivity index (χ1) is 19.2. The van der Waals surface area contributed by atoms with Crippen LogP contribution in [0.4, 0.5) is 11.6 Å². The average Bonchev–Trinajstić information content (AvgIpc) is 2.93. The summed E-state index contributed by atoms with van der Waals surface area (Å²) in [7, 11) is 0. The molecule has 0 saturated carbocycles. The molecule has 0 saturated heterocycles. The molecule has 0 aliphatic carbocycles. The van der Waals surface area contributed by atoms with Crippen molar-refractivity contribution in [1.29, 1.82) is 0 Å². The van der Waals surface area contributed by atoms with Gasteiger partial charge in [0.1, 0.15) is 0 Å². The van der Waals surface area contributed by atoms with Crippen LogP contribution < -0.4 is 16.8 Å². The van der Waals surface area contributed by atoms with Gasteiger partial charge in [0.2, 0.25) is 0 Å². The topological polar surface area (TPSA) is 217 Å². The molecular formula is C27H33N5O8S2. The zero-order valence-corrected chi connectivity index (χ0v) is 24.4. The molecule has 0 fully saturated rings. The summed E-state index contributed by atoms with van der Waals surface area (Å²) < 4.78 is 10.9. The smallest absolute Gasteiger partial charge is 0.328 e. The number of nitrogen functional groups attached to an aromatic ring is 2. The summed E-state index contributed by atoms with van der Waals surface area (Å²) >= 11 is 0. The van der Waals surface area contributed by atoms with Gasteiger partial charge >= 0.3 is 11.9 Å². The van der Waals surface area contributed by atoms with Crippen molar-refractivity contribution in [2.45, 2.75) is 25.7 Å². The number of carbonyl (C=O) groups is 4. The summed E-state index contributed by atoms with van der Waals surface area (Å²) in [4.78, 5) is 56.5. The zero-order chi connectivity index (χ0) is 29.1. The largest absolute Gasteiger partial charge is 0.481 e. The normalized spacial score (nSPS) is 11.7. The molecule has 0 spiro atoms. The number of amides is 1. The van der Waals surface area contributed by atoms with Crippen molar-refractivity contribution in [2.75, 3.05) is 24.7 Å². The third-order valence-corrected chi connectivity index (χ3v) is 5.64. The summed E-state index contributed by atoms with van der Waals surface area (Å²) in [6.45, 7) is -0.312. The molecule has 2 atom stereocenters. The predicted molar refractivity (Wildman–Crippen MR) is 163 cm³/mol. The van der Waals surface area contributed by atoms with E-state index in [1.165, 1.54) is 0 Å². The van der Waals surface area contributed by atoms with E-state index in [0.717, 1.165) is 11.1 Å². The van der Waals surface area contributed by atoms with Crippen molar-refractivity contribution in [2.24, 2.45) is 5.92 Å². The van der Waals surface area contributed by atoms with Crippen molar-refractivity contribution in [1.82, 2.24) is 15.3 Å². The van der Waals surface area contributed by atoms with E-state index in [-0.39, 0.29) is 53.4 Å². The van der Waals surface area contributed by atoms with Crippen LogP contribution in [0.25, 0.3) is 0 Å². The Morgan fingerprint density at radius 2 is 1.21 bits per heavy atom.